The molecular formula is C26H22N6O2S. The predicted molar refractivity (Wildman–Crippen MR) is 134 cm³/mol. The summed E-state index contributed by atoms with van der Waals surface area (Å²) < 4.78 is 0. The second kappa shape index (κ2) is 9.48. The maximum Gasteiger partial charge on any atom is 0.191 e. The van der Waals surface area contributed by atoms with Gasteiger partial charge in [-0.25, -0.2) is 0 Å². The average molecular weight is 483 g/mol. The quantitative estimate of drug-likeness (QED) is 0.382. The first kappa shape index (κ1) is 23.8. The molecule has 1 heterocycles. The van der Waals surface area contributed by atoms with Crippen molar-refractivity contribution in [1.82, 2.24) is 10.2 Å². The molecule has 0 unspecified atom stereocenters. The number of nitrogens with one attached hydrogen (secondary N) is 2. The number of phenols is 2. The largest absolute Gasteiger partial charge is 0.504 e. The standard InChI is InChI=1S/C26H22N6O2S/c1-32-10-9-18-19(12-27)24(31-25(35)30-17-5-3-2-4-6-17)26(14-28,15-29)23(20(18)13-32)16-7-8-21(33)22(34)11-16/h2-9,11,20,23,33-34H,10,13H2,1H3,(H2,30,31,35)/t20-,23+/m1/s1. The molecule has 0 amide bonds. The SMILES string of the molecule is CN1CC=C2C(C#N)=C(NC(=S)Nc3ccccc3)C(C#N)(C#N)[C@@H](c3ccc(O)c(O)c3)[C@@H]2C1. The van der Waals surface area contributed by atoms with Gasteiger partial charge in [-0.15, -0.1) is 0 Å². The van der Waals surface area contributed by atoms with E-state index in [2.05, 4.69) is 28.8 Å². The van der Waals surface area contributed by atoms with Gasteiger partial charge in [-0.2, -0.15) is 15.8 Å². The minimum Gasteiger partial charge on any atom is -0.504 e. The maximum absolute atomic E-state index is 10.5. The fourth-order valence-corrected chi connectivity index (χ4v) is 5.08. The van der Waals surface area contributed by atoms with Crippen molar-refractivity contribution >= 4 is 23.0 Å². The van der Waals surface area contributed by atoms with Crippen LogP contribution in [0.4, 0.5) is 5.69 Å². The predicted octanol–water partition coefficient (Wildman–Crippen LogP) is 3.48. The minimum absolute atomic E-state index is 0.100. The molecule has 4 N–H and O–H groups in total. The number of hydrogen-bond donors (Lipinski definition) is 4. The summed E-state index contributed by atoms with van der Waals surface area (Å²) in [5.41, 5.74) is 0.403. The summed E-state index contributed by atoms with van der Waals surface area (Å²) in [7, 11) is 1.92. The summed E-state index contributed by atoms with van der Waals surface area (Å²) in [5, 5.41) is 57.4. The van der Waals surface area contributed by atoms with Gasteiger partial charge in [-0.05, 0) is 54.7 Å². The van der Waals surface area contributed by atoms with Gasteiger partial charge in [0.1, 0.15) is 6.07 Å². The van der Waals surface area contributed by atoms with E-state index in [0.717, 1.165) is 0 Å². The topological polar surface area (TPSA) is 139 Å². The number of para-hydroxylation sites is 1. The third-order valence-corrected chi connectivity index (χ3v) is 6.63. The van der Waals surface area contributed by atoms with Crippen LogP contribution in [0.25, 0.3) is 0 Å². The lowest BCUT2D eigenvalue weighted by molar-refractivity contribution is 0.235. The second-order valence-corrected chi connectivity index (χ2v) is 8.96. The number of likely N-dealkylation sites (N-methyl/N-ethyl adjacent to an activating group) is 1. The molecule has 0 saturated heterocycles. The molecule has 4 rings (SSSR count). The van der Waals surface area contributed by atoms with Gasteiger partial charge in [0.15, 0.2) is 22.0 Å². The highest BCUT2D eigenvalue weighted by Crippen LogP contribution is 2.55. The maximum atomic E-state index is 10.5. The lowest BCUT2D eigenvalue weighted by atomic mass is 9.58. The Morgan fingerprint density at radius 1 is 1.06 bits per heavy atom. The summed E-state index contributed by atoms with van der Waals surface area (Å²) >= 11 is 5.49. The molecule has 2 aromatic carbocycles. The monoisotopic (exact) mass is 482 g/mol. The van der Waals surface area contributed by atoms with Crippen molar-refractivity contribution in [3.63, 3.8) is 0 Å². The molecule has 174 valence electrons. The van der Waals surface area contributed by atoms with E-state index < -0.39 is 11.3 Å². The van der Waals surface area contributed by atoms with Gasteiger partial charge < -0.3 is 25.7 Å². The highest BCUT2D eigenvalue weighted by atomic mass is 32.1. The molecule has 0 radical (unpaired) electrons. The van der Waals surface area contributed by atoms with Crippen molar-refractivity contribution in [3.8, 4) is 29.7 Å². The minimum atomic E-state index is -1.82. The van der Waals surface area contributed by atoms with Crippen molar-refractivity contribution in [2.45, 2.75) is 5.92 Å². The summed E-state index contributed by atoms with van der Waals surface area (Å²) in [6.45, 7) is 1.09. The van der Waals surface area contributed by atoms with Gasteiger partial charge in [-0.1, -0.05) is 30.3 Å². The molecule has 0 saturated carbocycles. The zero-order chi connectivity index (χ0) is 25.2. The fourth-order valence-electron chi connectivity index (χ4n) is 4.86. The Labute approximate surface area is 208 Å². The molecule has 2 atom stereocenters. The molecule has 0 spiro atoms. The van der Waals surface area contributed by atoms with E-state index in [9.17, 15) is 26.0 Å². The first-order valence-electron chi connectivity index (χ1n) is 10.9. The average Bonchev–Trinajstić information content (AvgIpc) is 2.86. The Balaban J connectivity index is 1.90. The molecule has 2 aliphatic rings. The van der Waals surface area contributed by atoms with Crippen molar-refractivity contribution < 1.29 is 10.2 Å². The summed E-state index contributed by atoms with van der Waals surface area (Å²) in [6, 6.07) is 20.0. The molecule has 0 aromatic heterocycles. The Hall–Kier alpha value is -4.36. The lowest BCUT2D eigenvalue weighted by Gasteiger charge is -2.46. The molecule has 0 bridgehead atoms. The van der Waals surface area contributed by atoms with Gasteiger partial charge in [0.2, 0.25) is 0 Å². The van der Waals surface area contributed by atoms with E-state index in [1.54, 1.807) is 6.07 Å². The Morgan fingerprint density at radius 3 is 2.40 bits per heavy atom. The van der Waals surface area contributed by atoms with E-state index in [-0.39, 0.29) is 33.8 Å². The van der Waals surface area contributed by atoms with Gasteiger partial charge in [0.05, 0.1) is 23.4 Å². The third kappa shape index (κ3) is 4.18. The second-order valence-electron chi connectivity index (χ2n) is 8.55. The number of aromatic hydroxyl groups is 2. The molecule has 0 fully saturated rings. The zero-order valence-electron chi connectivity index (χ0n) is 18.9. The van der Waals surface area contributed by atoms with E-state index in [1.807, 2.05) is 48.4 Å². The summed E-state index contributed by atoms with van der Waals surface area (Å²) in [6.07, 6.45) is 1.92. The van der Waals surface area contributed by atoms with Crippen LogP contribution in [0.3, 0.4) is 0 Å². The van der Waals surface area contributed by atoms with Gasteiger partial charge in [-0.3, -0.25) is 0 Å². The number of benzene rings is 2. The Kier molecular flexibility index (Phi) is 6.44. The molecule has 1 aliphatic heterocycles. The van der Waals surface area contributed by atoms with E-state index in [4.69, 9.17) is 12.2 Å². The zero-order valence-corrected chi connectivity index (χ0v) is 19.7. The molecule has 8 nitrogen and oxygen atoms in total. The molecular weight excluding hydrogens is 460 g/mol. The number of phenolic OH excluding ortho intramolecular Hbond substituents is 2. The van der Waals surface area contributed by atoms with Crippen LogP contribution in [0.15, 0.2) is 71.5 Å². The number of fused-ring (bicyclic) bond motifs is 1. The van der Waals surface area contributed by atoms with Crippen LogP contribution in [-0.4, -0.2) is 40.4 Å². The smallest absolute Gasteiger partial charge is 0.191 e. The van der Waals surface area contributed by atoms with Crippen molar-refractivity contribution in [3.05, 3.63) is 77.0 Å². The number of hydrogen-bond acceptors (Lipinski definition) is 7. The Morgan fingerprint density at radius 2 is 1.77 bits per heavy atom. The van der Waals surface area contributed by atoms with Crippen LogP contribution in [-0.2, 0) is 0 Å². The van der Waals surface area contributed by atoms with Crippen molar-refractivity contribution in [2.75, 3.05) is 25.5 Å². The lowest BCUT2D eigenvalue weighted by Crippen LogP contribution is -2.49. The van der Waals surface area contributed by atoms with Crippen LogP contribution in [0, 0.1) is 45.3 Å². The molecule has 35 heavy (non-hydrogen) atoms. The van der Waals surface area contributed by atoms with Crippen molar-refractivity contribution in [2.24, 2.45) is 11.3 Å². The Bertz CT molecular complexity index is 1350. The summed E-state index contributed by atoms with van der Waals surface area (Å²) in [4.78, 5) is 2.04. The number of anilines is 1. The number of nitrogens with zero attached hydrogens (tertiary/aromatic N) is 4. The van der Waals surface area contributed by atoms with Crippen LogP contribution in [0.2, 0.25) is 0 Å². The first-order chi connectivity index (χ1) is 16.8. The third-order valence-electron chi connectivity index (χ3n) is 6.43. The number of allylic oxidation sites excluding steroid dienone is 2. The number of nitriles is 3. The number of rotatable bonds is 3. The molecule has 9 heteroatoms. The van der Waals surface area contributed by atoms with Gasteiger partial charge >= 0.3 is 0 Å². The number of thiocarbonyl (C=S) groups is 1. The molecule has 1 aliphatic carbocycles. The van der Waals surface area contributed by atoms with E-state index in [1.165, 1.54) is 12.1 Å². The van der Waals surface area contributed by atoms with E-state index in [0.29, 0.717) is 29.9 Å². The summed E-state index contributed by atoms with van der Waals surface area (Å²) in [5.74, 6) is -1.79. The van der Waals surface area contributed by atoms with Crippen LogP contribution in [0.5, 0.6) is 11.5 Å². The van der Waals surface area contributed by atoms with Crippen LogP contribution in [0.1, 0.15) is 11.5 Å². The van der Waals surface area contributed by atoms with Gasteiger partial charge in [0, 0.05) is 30.6 Å². The normalized spacial score (nSPS) is 20.9. The molecule has 2 aromatic rings. The van der Waals surface area contributed by atoms with Crippen LogP contribution >= 0.6 is 12.2 Å². The van der Waals surface area contributed by atoms with Crippen LogP contribution < -0.4 is 10.6 Å². The fraction of sp³-hybridized carbons (Fsp3) is 0.231. The van der Waals surface area contributed by atoms with E-state index >= 15 is 0 Å². The first-order valence-corrected chi connectivity index (χ1v) is 11.3. The highest BCUT2D eigenvalue weighted by molar-refractivity contribution is 7.80. The van der Waals surface area contributed by atoms with Gasteiger partial charge in [0.25, 0.3) is 0 Å². The highest BCUT2D eigenvalue weighted by Gasteiger charge is 2.55. The van der Waals surface area contributed by atoms with Crippen molar-refractivity contribution in [1.29, 1.82) is 15.8 Å².